The van der Waals surface area contributed by atoms with Gasteiger partial charge < -0.3 is 14.7 Å². The van der Waals surface area contributed by atoms with Crippen molar-refractivity contribution in [1.82, 2.24) is 4.98 Å². The van der Waals surface area contributed by atoms with Gasteiger partial charge in [0, 0.05) is 36.4 Å². The van der Waals surface area contributed by atoms with Crippen LogP contribution in [0.2, 0.25) is 0 Å². The van der Waals surface area contributed by atoms with Gasteiger partial charge in [-0.15, -0.1) is 0 Å². The minimum Gasteiger partial charge on any atom is -0.396 e. The number of fused-ring (bicyclic) bond motifs is 2. The van der Waals surface area contributed by atoms with E-state index < -0.39 is 0 Å². The smallest absolute Gasteiger partial charge is 0.129 e. The van der Waals surface area contributed by atoms with Crippen LogP contribution in [0.5, 0.6) is 0 Å². The first-order chi connectivity index (χ1) is 11.6. The molecule has 2 atom stereocenters. The largest absolute Gasteiger partial charge is 0.396 e. The van der Waals surface area contributed by atoms with E-state index in [1.807, 2.05) is 0 Å². The van der Waals surface area contributed by atoms with Gasteiger partial charge in [-0.3, -0.25) is 0 Å². The second-order valence-electron chi connectivity index (χ2n) is 7.43. The first-order valence-corrected chi connectivity index (χ1v) is 8.99. The molecule has 3 heterocycles. The molecule has 4 rings (SSSR count). The number of pyridine rings is 1. The molecule has 2 aliphatic rings. The molecule has 0 radical (unpaired) electrons. The van der Waals surface area contributed by atoms with Crippen LogP contribution < -0.4 is 4.90 Å². The monoisotopic (exact) mass is 326 g/mol. The van der Waals surface area contributed by atoms with E-state index in [9.17, 15) is 5.11 Å². The number of rotatable bonds is 3. The minimum absolute atomic E-state index is 0.0190. The number of aliphatic hydroxyl groups excluding tert-OH is 1. The van der Waals surface area contributed by atoms with Crippen molar-refractivity contribution in [2.24, 2.45) is 11.3 Å². The molecule has 0 saturated carbocycles. The normalized spacial score (nSPS) is 26.8. The summed E-state index contributed by atoms with van der Waals surface area (Å²) in [6, 6.07) is 8.77. The van der Waals surface area contributed by atoms with Gasteiger partial charge in [-0.25, -0.2) is 4.98 Å². The molecule has 128 valence electrons. The zero-order valence-corrected chi connectivity index (χ0v) is 14.6. The van der Waals surface area contributed by atoms with Crippen LogP contribution in [-0.4, -0.2) is 43.0 Å². The summed E-state index contributed by atoms with van der Waals surface area (Å²) < 4.78 is 5.66. The number of nitrogens with zero attached hydrogens (tertiary/aromatic N) is 2. The molecular weight excluding hydrogens is 300 g/mol. The van der Waals surface area contributed by atoms with Gasteiger partial charge in [0.25, 0.3) is 0 Å². The standard InChI is InChI=1S/C20H26N2O2/c1-3-15-4-5-18-17(9-15)14(2)8-19(21-18)22-10-16-11-24-7-6-20(16,12-22)13-23/h4-5,8-9,16,23H,3,6-7,10-13H2,1-2H3/t16-,20-/m1/s1. The van der Waals surface area contributed by atoms with E-state index in [1.54, 1.807) is 0 Å². The van der Waals surface area contributed by atoms with Crippen molar-refractivity contribution in [2.45, 2.75) is 26.7 Å². The summed E-state index contributed by atoms with van der Waals surface area (Å²) >= 11 is 0. The summed E-state index contributed by atoms with van der Waals surface area (Å²) in [7, 11) is 0. The number of anilines is 1. The van der Waals surface area contributed by atoms with E-state index >= 15 is 0 Å². The van der Waals surface area contributed by atoms with Crippen molar-refractivity contribution in [3.8, 4) is 0 Å². The van der Waals surface area contributed by atoms with Crippen LogP contribution in [0.15, 0.2) is 24.3 Å². The predicted octanol–water partition coefficient (Wildman–Crippen LogP) is 2.94. The maximum atomic E-state index is 10.00. The Morgan fingerprint density at radius 3 is 3.00 bits per heavy atom. The highest BCUT2D eigenvalue weighted by Gasteiger charge is 2.48. The summed E-state index contributed by atoms with van der Waals surface area (Å²) in [5.41, 5.74) is 3.67. The molecule has 0 amide bonds. The van der Waals surface area contributed by atoms with Crippen molar-refractivity contribution >= 4 is 16.7 Å². The Hall–Kier alpha value is -1.65. The lowest BCUT2D eigenvalue weighted by atomic mass is 9.75. The fourth-order valence-corrected chi connectivity index (χ4v) is 4.29. The molecule has 2 saturated heterocycles. The van der Waals surface area contributed by atoms with E-state index in [2.05, 4.69) is 43.0 Å². The molecule has 4 nitrogen and oxygen atoms in total. The maximum Gasteiger partial charge on any atom is 0.129 e. The zero-order chi connectivity index (χ0) is 16.7. The minimum atomic E-state index is -0.0190. The van der Waals surface area contributed by atoms with Crippen LogP contribution in [0.25, 0.3) is 10.9 Å². The molecule has 2 fully saturated rings. The molecule has 0 unspecified atom stereocenters. The Morgan fingerprint density at radius 2 is 2.25 bits per heavy atom. The van der Waals surface area contributed by atoms with Crippen molar-refractivity contribution in [2.75, 3.05) is 37.8 Å². The molecule has 1 aromatic heterocycles. The fraction of sp³-hybridized carbons (Fsp3) is 0.550. The topological polar surface area (TPSA) is 45.6 Å². The van der Waals surface area contributed by atoms with Gasteiger partial charge in [0.05, 0.1) is 18.7 Å². The van der Waals surface area contributed by atoms with Crippen LogP contribution in [0, 0.1) is 18.3 Å². The number of hydrogen-bond acceptors (Lipinski definition) is 4. The van der Waals surface area contributed by atoms with Gasteiger partial charge >= 0.3 is 0 Å². The highest BCUT2D eigenvalue weighted by molar-refractivity contribution is 5.84. The van der Waals surface area contributed by atoms with E-state index in [4.69, 9.17) is 9.72 Å². The quantitative estimate of drug-likeness (QED) is 0.942. The van der Waals surface area contributed by atoms with Gasteiger partial charge in [-0.1, -0.05) is 13.0 Å². The summed E-state index contributed by atoms with van der Waals surface area (Å²) in [6.07, 6.45) is 1.99. The van der Waals surface area contributed by atoms with Crippen molar-refractivity contribution < 1.29 is 9.84 Å². The van der Waals surface area contributed by atoms with Crippen LogP contribution in [0.4, 0.5) is 5.82 Å². The summed E-state index contributed by atoms with van der Waals surface area (Å²) in [5, 5.41) is 11.2. The van der Waals surface area contributed by atoms with E-state index in [1.165, 1.54) is 16.5 Å². The Labute approximate surface area is 143 Å². The van der Waals surface area contributed by atoms with Crippen molar-refractivity contribution in [1.29, 1.82) is 0 Å². The third-order valence-electron chi connectivity index (χ3n) is 5.99. The maximum absolute atomic E-state index is 10.00. The summed E-state index contributed by atoms with van der Waals surface area (Å²) in [4.78, 5) is 7.26. The SMILES string of the molecule is CCc1ccc2nc(N3C[C@@H]4COCC[C@]4(CO)C3)cc(C)c2c1. The average molecular weight is 326 g/mol. The lowest BCUT2D eigenvalue weighted by Gasteiger charge is -2.36. The number of aromatic nitrogens is 1. The second-order valence-corrected chi connectivity index (χ2v) is 7.43. The predicted molar refractivity (Wildman–Crippen MR) is 96.5 cm³/mol. The number of aryl methyl sites for hydroxylation is 2. The van der Waals surface area contributed by atoms with Crippen LogP contribution in [0.3, 0.4) is 0 Å². The van der Waals surface area contributed by atoms with E-state index in [0.717, 1.165) is 50.5 Å². The molecule has 2 aromatic rings. The van der Waals surface area contributed by atoms with E-state index in [-0.39, 0.29) is 12.0 Å². The molecule has 24 heavy (non-hydrogen) atoms. The van der Waals surface area contributed by atoms with E-state index in [0.29, 0.717) is 5.92 Å². The molecule has 2 aliphatic heterocycles. The highest BCUT2D eigenvalue weighted by atomic mass is 16.5. The van der Waals surface area contributed by atoms with Gasteiger partial charge in [-0.2, -0.15) is 0 Å². The Morgan fingerprint density at radius 1 is 1.38 bits per heavy atom. The molecule has 0 spiro atoms. The first-order valence-electron chi connectivity index (χ1n) is 8.99. The zero-order valence-electron chi connectivity index (χ0n) is 14.6. The highest BCUT2D eigenvalue weighted by Crippen LogP contribution is 2.43. The Bertz CT molecular complexity index is 761. The Balaban J connectivity index is 1.70. The number of aliphatic hydroxyl groups is 1. The number of benzene rings is 1. The van der Waals surface area contributed by atoms with Gasteiger partial charge in [0.2, 0.25) is 0 Å². The lowest BCUT2D eigenvalue weighted by molar-refractivity contribution is -0.0410. The lowest BCUT2D eigenvalue weighted by Crippen LogP contribution is -2.41. The second kappa shape index (κ2) is 6.01. The van der Waals surface area contributed by atoms with Crippen molar-refractivity contribution in [3.05, 3.63) is 35.4 Å². The van der Waals surface area contributed by atoms with Gasteiger partial charge in [0.1, 0.15) is 5.82 Å². The fourth-order valence-electron chi connectivity index (χ4n) is 4.29. The van der Waals surface area contributed by atoms with Crippen LogP contribution >= 0.6 is 0 Å². The third-order valence-corrected chi connectivity index (χ3v) is 5.99. The molecule has 0 aliphatic carbocycles. The summed E-state index contributed by atoms with van der Waals surface area (Å²) in [6.45, 7) is 7.90. The van der Waals surface area contributed by atoms with Gasteiger partial charge in [0.15, 0.2) is 0 Å². The Kier molecular flexibility index (Phi) is 3.97. The first kappa shape index (κ1) is 15.9. The molecule has 4 heteroatoms. The third kappa shape index (κ3) is 2.49. The molecule has 0 bridgehead atoms. The van der Waals surface area contributed by atoms with Gasteiger partial charge in [-0.05, 0) is 49.1 Å². The number of hydrogen-bond donors (Lipinski definition) is 1. The number of ether oxygens (including phenoxy) is 1. The van der Waals surface area contributed by atoms with Crippen molar-refractivity contribution in [3.63, 3.8) is 0 Å². The van der Waals surface area contributed by atoms with Crippen LogP contribution in [-0.2, 0) is 11.2 Å². The van der Waals surface area contributed by atoms with Crippen LogP contribution in [0.1, 0.15) is 24.5 Å². The molecule has 1 aromatic carbocycles. The average Bonchev–Trinajstić information content (AvgIpc) is 3.01. The molecule has 1 N–H and O–H groups in total. The summed E-state index contributed by atoms with van der Waals surface area (Å²) in [5.74, 6) is 1.43. The molecular formula is C20H26N2O2.